The van der Waals surface area contributed by atoms with Crippen LogP contribution in [-0.2, 0) is 12.8 Å². The average molecular weight is 625 g/mol. The number of rotatable bonds is 8. The van der Waals surface area contributed by atoms with Crippen LogP contribution in [0.5, 0.6) is 0 Å². The van der Waals surface area contributed by atoms with E-state index in [1.807, 2.05) is 0 Å². The van der Waals surface area contributed by atoms with Crippen molar-refractivity contribution in [3.63, 3.8) is 0 Å². The van der Waals surface area contributed by atoms with Gasteiger partial charge in [0.15, 0.2) is 0 Å². The maximum Gasteiger partial charge on any atom is 0.113 e. The Kier molecular flexibility index (Phi) is 7.61. The lowest BCUT2D eigenvalue weighted by Crippen LogP contribution is -2.32. The summed E-state index contributed by atoms with van der Waals surface area (Å²) in [5.74, 6) is 0. The van der Waals surface area contributed by atoms with Gasteiger partial charge in [0.1, 0.15) is 8.07 Å². The molecule has 232 valence electrons. The van der Waals surface area contributed by atoms with E-state index in [1.165, 1.54) is 80.6 Å². The van der Waals surface area contributed by atoms with Gasteiger partial charge >= 0.3 is 0 Å². The molecule has 0 amide bonds. The molecule has 0 aromatic heterocycles. The summed E-state index contributed by atoms with van der Waals surface area (Å²) in [5, 5.41) is 8.75. The van der Waals surface area contributed by atoms with Gasteiger partial charge in [0.25, 0.3) is 0 Å². The molecule has 0 heterocycles. The fraction of sp³-hybridized carbons (Fsp3) is 0.217. The summed E-state index contributed by atoms with van der Waals surface area (Å²) in [6.45, 7) is 10.1. The van der Waals surface area contributed by atoms with E-state index in [1.54, 1.807) is 32.7 Å². The summed E-state index contributed by atoms with van der Waals surface area (Å²) in [6, 6.07) is 45.8. The number of hydrogen-bond donors (Lipinski definition) is 0. The van der Waals surface area contributed by atoms with Crippen molar-refractivity contribution in [3.8, 4) is 22.3 Å². The minimum atomic E-state index is -2.24. The zero-order chi connectivity index (χ0) is 32.1. The number of benzene rings is 6. The normalized spacial score (nSPS) is 14.4. The van der Waals surface area contributed by atoms with Crippen LogP contribution in [0.2, 0.25) is 13.1 Å². The fourth-order valence-electron chi connectivity index (χ4n) is 9.11. The van der Waals surface area contributed by atoms with Crippen LogP contribution in [-0.4, -0.2) is 8.07 Å². The van der Waals surface area contributed by atoms with E-state index in [9.17, 15) is 0 Å². The molecule has 0 aliphatic heterocycles. The van der Waals surface area contributed by atoms with Crippen LogP contribution in [0.25, 0.3) is 54.2 Å². The molecule has 0 nitrogen and oxygen atoms in total. The smallest absolute Gasteiger partial charge is 0.0655 e. The molecule has 0 radical (unpaired) electrons. The minimum absolute atomic E-state index is 1.09. The van der Waals surface area contributed by atoms with Gasteiger partial charge in [0.2, 0.25) is 0 Å². The van der Waals surface area contributed by atoms with Gasteiger partial charge in [0.05, 0.1) is 0 Å². The van der Waals surface area contributed by atoms with E-state index in [-0.39, 0.29) is 0 Å². The second-order valence-corrected chi connectivity index (χ2v) is 18.4. The van der Waals surface area contributed by atoms with E-state index < -0.39 is 8.07 Å². The lowest BCUT2D eigenvalue weighted by molar-refractivity contribution is 0.884. The van der Waals surface area contributed by atoms with Gasteiger partial charge in [-0.1, -0.05) is 172 Å². The van der Waals surface area contributed by atoms with Crippen molar-refractivity contribution in [3.05, 3.63) is 155 Å². The summed E-state index contributed by atoms with van der Waals surface area (Å²) >= 11 is 0. The summed E-state index contributed by atoms with van der Waals surface area (Å²) in [7, 11) is -2.24. The van der Waals surface area contributed by atoms with Gasteiger partial charge in [-0.2, -0.15) is 0 Å². The molecule has 47 heavy (non-hydrogen) atoms. The molecule has 0 spiro atoms. The lowest BCUT2D eigenvalue weighted by atomic mass is 9.93. The number of fused-ring (bicyclic) bond motifs is 4. The number of allylic oxidation sites excluding steroid dienone is 2. The van der Waals surface area contributed by atoms with E-state index in [0.29, 0.717) is 0 Å². The van der Waals surface area contributed by atoms with Crippen LogP contribution in [0.15, 0.2) is 132 Å². The van der Waals surface area contributed by atoms with Crippen LogP contribution in [0.4, 0.5) is 0 Å². The third-order valence-corrected chi connectivity index (χ3v) is 14.5. The Morgan fingerprint density at radius 1 is 0.447 bits per heavy atom. The highest BCUT2D eigenvalue weighted by atomic mass is 28.3. The second kappa shape index (κ2) is 12.0. The first kappa shape index (κ1) is 29.9. The predicted molar refractivity (Wildman–Crippen MR) is 207 cm³/mol. The zero-order valence-electron chi connectivity index (χ0n) is 28.3. The van der Waals surface area contributed by atoms with Crippen LogP contribution in [0.3, 0.4) is 0 Å². The van der Waals surface area contributed by atoms with Crippen LogP contribution in [0.1, 0.15) is 61.8 Å². The van der Waals surface area contributed by atoms with Crippen molar-refractivity contribution in [2.45, 2.75) is 65.5 Å². The lowest BCUT2D eigenvalue weighted by Gasteiger charge is -2.33. The van der Waals surface area contributed by atoms with E-state index in [4.69, 9.17) is 0 Å². The predicted octanol–water partition coefficient (Wildman–Crippen LogP) is 13.0. The van der Waals surface area contributed by atoms with E-state index >= 15 is 0 Å². The molecule has 1 heteroatoms. The Balaban J connectivity index is 1.39. The molecule has 0 saturated heterocycles. The van der Waals surface area contributed by atoms with Crippen molar-refractivity contribution >= 4 is 40.0 Å². The first-order valence-corrected chi connectivity index (χ1v) is 20.7. The van der Waals surface area contributed by atoms with Gasteiger partial charge < -0.3 is 0 Å². The Hall–Kier alpha value is -4.46. The molecule has 0 atom stereocenters. The van der Waals surface area contributed by atoms with Gasteiger partial charge in [-0.3, -0.25) is 0 Å². The summed E-state index contributed by atoms with van der Waals surface area (Å²) in [4.78, 5) is 0. The largest absolute Gasteiger partial charge is 0.113 e. The maximum atomic E-state index is 2.69. The SMILES string of the molecule is CCCC1=C([Si](C)(C)C2=C(CCC)Cc3cccc(-c4cccc5ccccc45)c32)c2c(cccc2-c2cccc3ccccc23)C1. The monoisotopic (exact) mass is 624 g/mol. The highest BCUT2D eigenvalue weighted by Crippen LogP contribution is 2.54. The molecule has 2 aliphatic rings. The molecule has 8 rings (SSSR count). The van der Waals surface area contributed by atoms with Crippen LogP contribution < -0.4 is 0 Å². The molecule has 0 saturated carbocycles. The highest BCUT2D eigenvalue weighted by molar-refractivity contribution is 7.09. The molecular weight excluding hydrogens is 581 g/mol. The molecule has 0 bridgehead atoms. The van der Waals surface area contributed by atoms with Crippen molar-refractivity contribution < 1.29 is 0 Å². The fourth-order valence-corrected chi connectivity index (χ4v) is 13.4. The Morgan fingerprint density at radius 3 is 1.28 bits per heavy atom. The Morgan fingerprint density at radius 2 is 0.830 bits per heavy atom. The summed E-state index contributed by atoms with van der Waals surface area (Å²) < 4.78 is 0. The maximum absolute atomic E-state index is 2.69. The van der Waals surface area contributed by atoms with Gasteiger partial charge in [-0.05, 0) is 102 Å². The van der Waals surface area contributed by atoms with Crippen molar-refractivity contribution in [2.24, 2.45) is 0 Å². The van der Waals surface area contributed by atoms with E-state index in [2.05, 4.69) is 148 Å². The minimum Gasteiger partial charge on any atom is -0.0655 e. The molecule has 6 aromatic rings. The van der Waals surface area contributed by atoms with Crippen molar-refractivity contribution in [1.29, 1.82) is 0 Å². The third kappa shape index (κ3) is 4.86. The molecular formula is C46H44Si. The number of hydrogen-bond acceptors (Lipinski definition) is 0. The van der Waals surface area contributed by atoms with Gasteiger partial charge in [-0.15, -0.1) is 0 Å². The van der Waals surface area contributed by atoms with Gasteiger partial charge in [0, 0.05) is 0 Å². The van der Waals surface area contributed by atoms with Crippen molar-refractivity contribution in [1.82, 2.24) is 0 Å². The quantitative estimate of drug-likeness (QED) is 0.148. The highest BCUT2D eigenvalue weighted by Gasteiger charge is 2.43. The average Bonchev–Trinajstić information content (AvgIpc) is 3.67. The van der Waals surface area contributed by atoms with Crippen LogP contribution in [0, 0.1) is 0 Å². The molecule has 0 unspecified atom stereocenters. The molecule has 2 aliphatic carbocycles. The molecule has 0 fully saturated rings. The van der Waals surface area contributed by atoms with Gasteiger partial charge in [-0.25, -0.2) is 0 Å². The molecule has 0 N–H and O–H groups in total. The second-order valence-electron chi connectivity index (χ2n) is 14.2. The first-order valence-electron chi connectivity index (χ1n) is 17.7. The Labute approximate surface area is 281 Å². The topological polar surface area (TPSA) is 0 Å². The van der Waals surface area contributed by atoms with Crippen molar-refractivity contribution in [2.75, 3.05) is 0 Å². The third-order valence-electron chi connectivity index (χ3n) is 10.8. The van der Waals surface area contributed by atoms with Crippen LogP contribution >= 0.6 is 0 Å². The summed E-state index contributed by atoms with van der Waals surface area (Å²) in [6.07, 6.45) is 6.87. The Bertz CT molecular complexity index is 2070. The van der Waals surface area contributed by atoms with E-state index in [0.717, 1.165) is 12.8 Å². The summed E-state index contributed by atoms with van der Waals surface area (Å²) in [5.41, 5.74) is 15.1. The first-order chi connectivity index (χ1) is 23.0. The standard InChI is InChI=1S/C46H44Si/c1-5-15-35-29-33-21-13-27-41(39-25-11-19-31-17-7-9-23-37(31)39)43(33)45(35)47(3,4)46-36(16-6-2)30-34-22-14-28-42(44(34)46)40-26-12-20-32-18-8-10-24-38(32)40/h7-14,17-28H,5-6,15-16,29-30H2,1-4H3. The molecule has 6 aromatic carbocycles. The zero-order valence-corrected chi connectivity index (χ0v) is 29.3.